The Morgan fingerprint density at radius 1 is 1.18 bits per heavy atom. The van der Waals surface area contributed by atoms with Gasteiger partial charge in [-0.1, -0.05) is 0 Å². The van der Waals surface area contributed by atoms with Gasteiger partial charge in [-0.2, -0.15) is 0 Å². The van der Waals surface area contributed by atoms with E-state index in [-0.39, 0.29) is 30.0 Å². The fraction of sp³-hybridized carbons (Fsp3) is 0.348. The summed E-state index contributed by atoms with van der Waals surface area (Å²) in [7, 11) is 0. The molecule has 0 spiro atoms. The molecule has 4 rings (SSSR count). The zero-order valence-corrected chi connectivity index (χ0v) is 19.5. The molecule has 0 radical (unpaired) electrons. The molecule has 1 N–H and O–H groups in total. The molecule has 178 valence electrons. The van der Waals surface area contributed by atoms with Gasteiger partial charge in [0.15, 0.2) is 10.9 Å². The van der Waals surface area contributed by atoms with Crippen LogP contribution < -0.4 is 10.2 Å². The Balaban J connectivity index is 1.29. The highest BCUT2D eigenvalue weighted by atomic mass is 32.1. The van der Waals surface area contributed by atoms with E-state index in [0.717, 1.165) is 18.8 Å². The molecule has 1 fully saturated rings. The van der Waals surface area contributed by atoms with Crippen LogP contribution in [0.3, 0.4) is 0 Å². The van der Waals surface area contributed by atoms with Crippen LogP contribution in [0.25, 0.3) is 0 Å². The number of carbonyl (C=O) groups excluding carboxylic acids is 3. The van der Waals surface area contributed by atoms with Crippen LogP contribution in [0.5, 0.6) is 0 Å². The molecule has 10 nitrogen and oxygen atoms in total. The molecular formula is C23H25N5O5S. The third-order valence-electron chi connectivity index (χ3n) is 5.28. The average molecular weight is 484 g/mol. The van der Waals surface area contributed by atoms with Gasteiger partial charge < -0.3 is 19.0 Å². The summed E-state index contributed by atoms with van der Waals surface area (Å²) in [4.78, 5) is 49.4. The number of thiazole rings is 1. The quantitative estimate of drug-likeness (QED) is 0.510. The minimum Gasteiger partial charge on any atom is -0.462 e. The number of hydrogen-bond acceptors (Lipinski definition) is 9. The fourth-order valence-corrected chi connectivity index (χ4v) is 4.29. The largest absolute Gasteiger partial charge is 0.462 e. The van der Waals surface area contributed by atoms with Crippen molar-refractivity contribution in [2.24, 2.45) is 0 Å². The molecule has 4 heterocycles. The Hall–Kier alpha value is -3.73. The van der Waals surface area contributed by atoms with E-state index in [1.54, 1.807) is 36.6 Å². The van der Waals surface area contributed by atoms with Crippen LogP contribution in [-0.4, -0.2) is 65.4 Å². The Morgan fingerprint density at radius 2 is 2.06 bits per heavy atom. The van der Waals surface area contributed by atoms with Gasteiger partial charge in [0.2, 0.25) is 5.91 Å². The van der Waals surface area contributed by atoms with Crippen LogP contribution in [-0.2, 0) is 16.0 Å². The van der Waals surface area contributed by atoms with Gasteiger partial charge in [0.05, 0.1) is 30.5 Å². The summed E-state index contributed by atoms with van der Waals surface area (Å²) >= 11 is 1.27. The number of nitrogens with one attached hydrogen (secondary N) is 1. The average Bonchev–Trinajstić information content (AvgIpc) is 3.46. The zero-order chi connectivity index (χ0) is 23.9. The monoisotopic (exact) mass is 483 g/mol. The van der Waals surface area contributed by atoms with Crippen LogP contribution in [0, 0.1) is 0 Å². The van der Waals surface area contributed by atoms with Crippen LogP contribution in [0.4, 0.5) is 10.9 Å². The predicted molar refractivity (Wildman–Crippen MR) is 126 cm³/mol. The lowest BCUT2D eigenvalue weighted by molar-refractivity contribution is -0.130. The van der Waals surface area contributed by atoms with Gasteiger partial charge in [0.25, 0.3) is 5.91 Å². The number of rotatable bonds is 7. The topological polar surface area (TPSA) is 118 Å². The third kappa shape index (κ3) is 5.79. The number of nitrogens with zero attached hydrogens (tertiary/aromatic N) is 4. The lowest BCUT2D eigenvalue weighted by Crippen LogP contribution is -2.36. The van der Waals surface area contributed by atoms with E-state index in [4.69, 9.17) is 9.15 Å². The summed E-state index contributed by atoms with van der Waals surface area (Å²) in [6.45, 7) is 4.68. The van der Waals surface area contributed by atoms with Crippen LogP contribution in [0.1, 0.15) is 40.0 Å². The van der Waals surface area contributed by atoms with E-state index >= 15 is 0 Å². The second kappa shape index (κ2) is 10.9. The number of hydrogen-bond donors (Lipinski definition) is 1. The predicted octanol–water partition coefficient (Wildman–Crippen LogP) is 2.84. The molecule has 0 saturated carbocycles. The Kier molecular flexibility index (Phi) is 7.53. The normalized spacial score (nSPS) is 13.9. The minimum atomic E-state index is -0.389. The van der Waals surface area contributed by atoms with E-state index in [9.17, 15) is 14.4 Å². The minimum absolute atomic E-state index is 0.0123. The first-order valence-electron chi connectivity index (χ1n) is 11.0. The van der Waals surface area contributed by atoms with Gasteiger partial charge in [0, 0.05) is 37.8 Å². The van der Waals surface area contributed by atoms with Gasteiger partial charge in [-0.05, 0) is 37.6 Å². The van der Waals surface area contributed by atoms with Crippen LogP contribution in [0.15, 0.2) is 46.5 Å². The Morgan fingerprint density at radius 3 is 2.79 bits per heavy atom. The van der Waals surface area contributed by atoms with Gasteiger partial charge in [-0.15, -0.1) is 11.3 Å². The van der Waals surface area contributed by atoms with Gasteiger partial charge in [-0.25, -0.2) is 14.8 Å². The van der Waals surface area contributed by atoms with Crippen molar-refractivity contribution in [1.82, 2.24) is 14.9 Å². The van der Waals surface area contributed by atoms with Gasteiger partial charge in [0.1, 0.15) is 5.82 Å². The molecule has 0 aliphatic carbocycles. The Bertz CT molecular complexity index is 1130. The summed E-state index contributed by atoms with van der Waals surface area (Å²) in [6.07, 6.45) is 3.91. The molecule has 0 bridgehead atoms. The Labute approximate surface area is 200 Å². The molecule has 1 aliphatic heterocycles. The van der Waals surface area contributed by atoms with Crippen molar-refractivity contribution < 1.29 is 23.5 Å². The molecule has 0 atom stereocenters. The van der Waals surface area contributed by atoms with Crippen LogP contribution in [0.2, 0.25) is 0 Å². The lowest BCUT2D eigenvalue weighted by Gasteiger charge is -2.22. The van der Waals surface area contributed by atoms with E-state index in [1.165, 1.54) is 23.8 Å². The summed E-state index contributed by atoms with van der Waals surface area (Å²) in [5, 5.41) is 4.87. The van der Waals surface area contributed by atoms with E-state index in [2.05, 4.69) is 20.2 Å². The number of furan rings is 1. The standard InChI is InChI=1S/C23H25N5O5S/c1-2-32-22(31)16-6-7-19(24-14-16)27-8-4-9-28(11-10-27)20(29)13-17-15-34-23(25-17)26-21(30)18-5-3-12-33-18/h3,5-7,12,14-15H,2,4,8-11,13H2,1H3,(H,25,26,30). The fourth-order valence-electron chi connectivity index (χ4n) is 3.58. The summed E-state index contributed by atoms with van der Waals surface area (Å²) in [5.74, 6) is 0.182. The van der Waals surface area contributed by atoms with Crippen molar-refractivity contribution in [1.29, 1.82) is 0 Å². The maximum atomic E-state index is 12.9. The number of esters is 1. The summed E-state index contributed by atoms with van der Waals surface area (Å²) in [6, 6.07) is 6.72. The highest BCUT2D eigenvalue weighted by molar-refractivity contribution is 7.14. The molecular weight excluding hydrogens is 458 g/mol. The highest BCUT2D eigenvalue weighted by Crippen LogP contribution is 2.19. The molecule has 1 aliphatic rings. The smallest absolute Gasteiger partial charge is 0.339 e. The van der Waals surface area contributed by atoms with Gasteiger partial charge in [-0.3, -0.25) is 14.9 Å². The number of aromatic nitrogens is 2. The maximum absolute atomic E-state index is 12.9. The SMILES string of the molecule is CCOC(=O)c1ccc(N2CCCN(C(=O)Cc3csc(NC(=O)c4ccco4)n3)CC2)nc1. The molecule has 34 heavy (non-hydrogen) atoms. The molecule has 2 amide bonds. The number of ether oxygens (including phenoxy) is 1. The van der Waals surface area contributed by atoms with E-state index < -0.39 is 0 Å². The second-order valence-electron chi connectivity index (χ2n) is 7.60. The number of anilines is 2. The number of pyridine rings is 1. The summed E-state index contributed by atoms with van der Waals surface area (Å²) < 4.78 is 10.1. The third-order valence-corrected chi connectivity index (χ3v) is 6.09. The summed E-state index contributed by atoms with van der Waals surface area (Å²) in [5.41, 5.74) is 1.03. The molecule has 3 aromatic rings. The molecule has 1 saturated heterocycles. The molecule has 0 aromatic carbocycles. The van der Waals surface area contributed by atoms with Crippen molar-refractivity contribution in [2.45, 2.75) is 19.8 Å². The first kappa shape index (κ1) is 23.4. The molecule has 0 unspecified atom stereocenters. The van der Waals surface area contributed by atoms with Crippen molar-refractivity contribution >= 4 is 40.1 Å². The second-order valence-corrected chi connectivity index (χ2v) is 8.46. The van der Waals surface area contributed by atoms with E-state index in [0.29, 0.717) is 42.6 Å². The highest BCUT2D eigenvalue weighted by Gasteiger charge is 2.21. The lowest BCUT2D eigenvalue weighted by atomic mass is 10.2. The number of carbonyl (C=O) groups is 3. The maximum Gasteiger partial charge on any atom is 0.339 e. The van der Waals surface area contributed by atoms with Crippen molar-refractivity contribution in [3.8, 4) is 0 Å². The number of amides is 2. The first-order chi connectivity index (χ1) is 16.5. The molecule has 11 heteroatoms. The van der Waals surface area contributed by atoms with Crippen molar-refractivity contribution in [3.05, 3.63) is 59.1 Å². The van der Waals surface area contributed by atoms with E-state index in [1.807, 2.05) is 4.90 Å². The van der Waals surface area contributed by atoms with Crippen molar-refractivity contribution in [3.63, 3.8) is 0 Å². The first-order valence-corrected chi connectivity index (χ1v) is 11.9. The van der Waals surface area contributed by atoms with Crippen LogP contribution >= 0.6 is 11.3 Å². The van der Waals surface area contributed by atoms with Crippen molar-refractivity contribution in [2.75, 3.05) is 43.0 Å². The molecule has 3 aromatic heterocycles. The zero-order valence-electron chi connectivity index (χ0n) is 18.7. The van der Waals surface area contributed by atoms with Gasteiger partial charge >= 0.3 is 5.97 Å².